The first-order chi connectivity index (χ1) is 8.97. The van der Waals surface area contributed by atoms with Crippen molar-refractivity contribution in [2.24, 2.45) is 0 Å². The largest absolute Gasteiger partial charge is 0.377 e. The molecule has 2 rings (SSSR count). The Balaban J connectivity index is 2.19. The monoisotopic (exact) mass is 288 g/mol. The molecule has 0 aromatic heterocycles. The van der Waals surface area contributed by atoms with Gasteiger partial charge in [-0.25, -0.2) is 4.39 Å². The van der Waals surface area contributed by atoms with Crippen molar-refractivity contribution < 1.29 is 14.1 Å². The number of halogens is 2. The summed E-state index contributed by atoms with van der Waals surface area (Å²) in [5.74, 6) is -0.802. The molecule has 0 spiro atoms. The van der Waals surface area contributed by atoms with E-state index >= 15 is 0 Å². The fourth-order valence-electron chi connectivity index (χ4n) is 2.11. The quantitative estimate of drug-likeness (QED) is 0.666. The molecule has 7 heteroatoms. The van der Waals surface area contributed by atoms with E-state index in [4.69, 9.17) is 16.3 Å². The van der Waals surface area contributed by atoms with Gasteiger partial charge in [0.15, 0.2) is 0 Å². The van der Waals surface area contributed by atoms with E-state index in [0.717, 1.165) is 25.3 Å². The Morgan fingerprint density at radius 1 is 1.58 bits per heavy atom. The van der Waals surface area contributed by atoms with E-state index < -0.39 is 10.7 Å². The predicted octanol–water partition coefficient (Wildman–Crippen LogP) is 3.37. The standard InChI is InChI=1S/C12H14ClFN2O3/c1-19-12(3-2-4-12)7-15-10-5-8(13)9(14)6-11(10)16(17)18/h5-6,15H,2-4,7H2,1H3. The van der Waals surface area contributed by atoms with Crippen molar-refractivity contribution >= 4 is 23.0 Å². The summed E-state index contributed by atoms with van der Waals surface area (Å²) in [6.45, 7) is 0.437. The third-order valence-electron chi connectivity index (χ3n) is 3.53. The molecule has 1 aromatic carbocycles. The molecule has 1 aliphatic rings. The number of ether oxygens (including phenoxy) is 1. The van der Waals surface area contributed by atoms with E-state index in [-0.39, 0.29) is 22.0 Å². The molecule has 1 fully saturated rings. The lowest BCUT2D eigenvalue weighted by molar-refractivity contribution is -0.384. The lowest BCUT2D eigenvalue weighted by atomic mass is 9.80. The van der Waals surface area contributed by atoms with Crippen LogP contribution >= 0.6 is 11.6 Å². The fraction of sp³-hybridized carbons (Fsp3) is 0.500. The second-order valence-electron chi connectivity index (χ2n) is 4.63. The molecular weight excluding hydrogens is 275 g/mol. The SMILES string of the molecule is COC1(CNc2cc(Cl)c(F)cc2[N+](=O)[O-])CCC1. The smallest absolute Gasteiger partial charge is 0.295 e. The lowest BCUT2D eigenvalue weighted by Gasteiger charge is -2.40. The van der Waals surface area contributed by atoms with Crippen LogP contribution in [0.2, 0.25) is 5.02 Å². The highest BCUT2D eigenvalue weighted by Gasteiger charge is 2.37. The summed E-state index contributed by atoms with van der Waals surface area (Å²) >= 11 is 5.65. The van der Waals surface area contributed by atoms with Gasteiger partial charge in [0.25, 0.3) is 5.69 Å². The van der Waals surface area contributed by atoms with Crippen LogP contribution in [-0.4, -0.2) is 24.2 Å². The Morgan fingerprint density at radius 2 is 2.26 bits per heavy atom. The van der Waals surface area contributed by atoms with Crippen LogP contribution in [0.15, 0.2) is 12.1 Å². The summed E-state index contributed by atoms with van der Waals surface area (Å²) in [5.41, 5.74) is -0.401. The number of hydrogen-bond acceptors (Lipinski definition) is 4. The van der Waals surface area contributed by atoms with Crippen molar-refractivity contribution in [1.82, 2.24) is 0 Å². The van der Waals surface area contributed by atoms with Gasteiger partial charge in [-0.2, -0.15) is 0 Å². The molecule has 1 aromatic rings. The third kappa shape index (κ3) is 2.79. The molecular formula is C12H14ClFN2O3. The maximum Gasteiger partial charge on any atom is 0.295 e. The zero-order chi connectivity index (χ0) is 14.0. The molecule has 1 saturated carbocycles. The summed E-state index contributed by atoms with van der Waals surface area (Å²) in [6.07, 6.45) is 2.88. The first-order valence-corrected chi connectivity index (χ1v) is 6.28. The minimum absolute atomic E-state index is 0.145. The molecule has 0 radical (unpaired) electrons. The number of nitrogens with zero attached hydrogens (tertiary/aromatic N) is 1. The zero-order valence-electron chi connectivity index (χ0n) is 10.4. The van der Waals surface area contributed by atoms with Crippen molar-refractivity contribution in [2.75, 3.05) is 19.0 Å². The topological polar surface area (TPSA) is 64.4 Å². The Hall–Kier alpha value is -1.40. The van der Waals surface area contributed by atoms with Gasteiger partial charge in [-0.15, -0.1) is 0 Å². The Labute approximate surface area is 114 Å². The molecule has 0 aliphatic heterocycles. The minimum Gasteiger partial charge on any atom is -0.377 e. The van der Waals surface area contributed by atoms with Gasteiger partial charge in [0, 0.05) is 13.7 Å². The summed E-state index contributed by atoms with van der Waals surface area (Å²) in [4.78, 5) is 10.3. The van der Waals surface area contributed by atoms with Gasteiger partial charge < -0.3 is 10.1 Å². The van der Waals surface area contributed by atoms with Crippen molar-refractivity contribution in [3.05, 3.63) is 33.1 Å². The summed E-state index contributed by atoms with van der Waals surface area (Å²) in [6, 6.07) is 2.06. The number of nitro benzene ring substituents is 1. The maximum absolute atomic E-state index is 13.2. The molecule has 0 saturated heterocycles. The Bertz CT molecular complexity index is 500. The van der Waals surface area contributed by atoms with Crippen LogP contribution in [0.25, 0.3) is 0 Å². The average molecular weight is 289 g/mol. The zero-order valence-corrected chi connectivity index (χ0v) is 11.2. The Morgan fingerprint density at radius 3 is 2.74 bits per heavy atom. The fourth-order valence-corrected chi connectivity index (χ4v) is 2.27. The molecule has 0 heterocycles. The molecule has 5 nitrogen and oxygen atoms in total. The number of methoxy groups -OCH3 is 1. The predicted molar refractivity (Wildman–Crippen MR) is 70.1 cm³/mol. The van der Waals surface area contributed by atoms with Gasteiger partial charge in [0.1, 0.15) is 11.5 Å². The van der Waals surface area contributed by atoms with Crippen molar-refractivity contribution in [3.8, 4) is 0 Å². The van der Waals surface area contributed by atoms with Crippen LogP contribution in [0.5, 0.6) is 0 Å². The molecule has 1 N–H and O–H groups in total. The lowest BCUT2D eigenvalue weighted by Crippen LogP contribution is -2.45. The first-order valence-electron chi connectivity index (χ1n) is 5.90. The second kappa shape index (κ2) is 5.30. The van der Waals surface area contributed by atoms with Gasteiger partial charge in [-0.1, -0.05) is 11.6 Å². The van der Waals surface area contributed by atoms with Crippen LogP contribution in [-0.2, 0) is 4.74 Å². The molecule has 19 heavy (non-hydrogen) atoms. The van der Waals surface area contributed by atoms with E-state index in [9.17, 15) is 14.5 Å². The molecule has 104 valence electrons. The Kier molecular flexibility index (Phi) is 3.91. The molecule has 0 unspecified atom stereocenters. The number of nitrogens with one attached hydrogen (secondary N) is 1. The summed E-state index contributed by atoms with van der Waals surface area (Å²) in [5, 5.41) is 13.7. The van der Waals surface area contributed by atoms with E-state index in [2.05, 4.69) is 5.32 Å². The maximum atomic E-state index is 13.2. The van der Waals surface area contributed by atoms with Crippen LogP contribution in [0.1, 0.15) is 19.3 Å². The van der Waals surface area contributed by atoms with E-state index in [1.807, 2.05) is 0 Å². The molecule has 1 aliphatic carbocycles. The van der Waals surface area contributed by atoms with E-state index in [1.165, 1.54) is 6.07 Å². The van der Waals surface area contributed by atoms with Crippen molar-refractivity contribution in [3.63, 3.8) is 0 Å². The van der Waals surface area contributed by atoms with E-state index in [1.54, 1.807) is 7.11 Å². The number of nitro groups is 1. The van der Waals surface area contributed by atoms with Crippen LogP contribution < -0.4 is 5.32 Å². The minimum atomic E-state index is -0.802. The van der Waals surface area contributed by atoms with Crippen molar-refractivity contribution in [2.45, 2.75) is 24.9 Å². The van der Waals surface area contributed by atoms with Crippen LogP contribution in [0.4, 0.5) is 15.8 Å². The number of hydrogen-bond donors (Lipinski definition) is 1. The van der Waals surface area contributed by atoms with E-state index in [0.29, 0.717) is 6.54 Å². The van der Waals surface area contributed by atoms with Crippen molar-refractivity contribution in [1.29, 1.82) is 0 Å². The first kappa shape index (κ1) is 14.0. The number of benzene rings is 1. The van der Waals surface area contributed by atoms with Gasteiger partial charge in [0.2, 0.25) is 0 Å². The van der Waals surface area contributed by atoms with Gasteiger partial charge in [0.05, 0.1) is 21.6 Å². The van der Waals surface area contributed by atoms with Crippen LogP contribution in [0, 0.1) is 15.9 Å². The normalized spacial score (nSPS) is 16.8. The highest BCUT2D eigenvalue weighted by molar-refractivity contribution is 6.31. The van der Waals surface area contributed by atoms with Gasteiger partial charge in [-0.3, -0.25) is 10.1 Å². The second-order valence-corrected chi connectivity index (χ2v) is 5.04. The van der Waals surface area contributed by atoms with Gasteiger partial charge in [-0.05, 0) is 25.3 Å². The number of rotatable bonds is 5. The highest BCUT2D eigenvalue weighted by atomic mass is 35.5. The average Bonchev–Trinajstić information content (AvgIpc) is 2.32. The van der Waals surface area contributed by atoms with Crippen LogP contribution in [0.3, 0.4) is 0 Å². The molecule has 0 atom stereocenters. The number of anilines is 1. The third-order valence-corrected chi connectivity index (χ3v) is 3.82. The molecule has 0 amide bonds. The highest BCUT2D eigenvalue weighted by Crippen LogP contribution is 2.37. The summed E-state index contributed by atoms with van der Waals surface area (Å²) < 4.78 is 18.7. The summed E-state index contributed by atoms with van der Waals surface area (Å²) in [7, 11) is 1.62. The van der Waals surface area contributed by atoms with Gasteiger partial charge >= 0.3 is 0 Å². The molecule has 0 bridgehead atoms.